The minimum atomic E-state index is 0.565. The number of aryl methyl sites for hydroxylation is 1. The van der Waals surface area contributed by atoms with Crippen molar-refractivity contribution in [3.05, 3.63) is 65.7 Å². The van der Waals surface area contributed by atoms with Crippen molar-refractivity contribution in [2.45, 2.75) is 13.5 Å². The Hall–Kier alpha value is -1.80. The molecule has 0 saturated heterocycles. The predicted octanol–water partition coefficient (Wildman–Crippen LogP) is 3.54. The smallest absolute Gasteiger partial charge is 0.0996 e. The second kappa shape index (κ2) is 5.33. The monoisotopic (exact) mass is 213 g/mol. The van der Waals surface area contributed by atoms with Crippen molar-refractivity contribution < 1.29 is 4.84 Å². The van der Waals surface area contributed by atoms with Gasteiger partial charge in [-0.15, -0.1) is 0 Å². The minimum absolute atomic E-state index is 0.565. The summed E-state index contributed by atoms with van der Waals surface area (Å²) < 4.78 is 0. The van der Waals surface area contributed by atoms with Crippen molar-refractivity contribution in [2.24, 2.45) is 0 Å². The standard InChI is InChI=1S/C14H15NO/c1-12-7-9-13(10-8-12)11-16-15-14-5-3-2-4-6-14/h2-10,15H,11H2,1H3. The summed E-state index contributed by atoms with van der Waals surface area (Å²) in [6.45, 7) is 2.64. The zero-order chi connectivity index (χ0) is 11.2. The first-order valence-electron chi connectivity index (χ1n) is 5.33. The van der Waals surface area contributed by atoms with Gasteiger partial charge in [0.15, 0.2) is 0 Å². The van der Waals surface area contributed by atoms with Crippen LogP contribution in [0.1, 0.15) is 11.1 Å². The summed E-state index contributed by atoms with van der Waals surface area (Å²) in [7, 11) is 0. The number of benzene rings is 2. The summed E-state index contributed by atoms with van der Waals surface area (Å²) in [5, 5.41) is 0. The summed E-state index contributed by atoms with van der Waals surface area (Å²) in [5.74, 6) is 0. The number of hydrogen-bond acceptors (Lipinski definition) is 2. The molecule has 0 fully saturated rings. The van der Waals surface area contributed by atoms with Gasteiger partial charge < -0.3 is 0 Å². The largest absolute Gasteiger partial charge is 0.271 e. The van der Waals surface area contributed by atoms with E-state index in [9.17, 15) is 0 Å². The Balaban J connectivity index is 1.82. The van der Waals surface area contributed by atoms with Crippen LogP contribution in [0.3, 0.4) is 0 Å². The molecule has 0 heterocycles. The molecular weight excluding hydrogens is 198 g/mol. The van der Waals surface area contributed by atoms with Crippen LogP contribution in [0.5, 0.6) is 0 Å². The Labute approximate surface area is 95.8 Å². The second-order valence-electron chi connectivity index (χ2n) is 3.74. The van der Waals surface area contributed by atoms with E-state index in [-0.39, 0.29) is 0 Å². The van der Waals surface area contributed by atoms with Gasteiger partial charge in [-0.2, -0.15) is 0 Å². The summed E-state index contributed by atoms with van der Waals surface area (Å²) in [6, 6.07) is 18.2. The van der Waals surface area contributed by atoms with Crippen LogP contribution < -0.4 is 5.48 Å². The average molecular weight is 213 g/mol. The van der Waals surface area contributed by atoms with Crippen LogP contribution in [0, 0.1) is 6.92 Å². The Bertz CT molecular complexity index is 422. The maximum absolute atomic E-state index is 5.40. The molecule has 16 heavy (non-hydrogen) atoms. The summed E-state index contributed by atoms with van der Waals surface area (Å²) >= 11 is 0. The molecule has 0 aliphatic heterocycles. The molecule has 2 nitrogen and oxygen atoms in total. The Morgan fingerprint density at radius 3 is 2.31 bits per heavy atom. The van der Waals surface area contributed by atoms with Gasteiger partial charge in [-0.05, 0) is 24.6 Å². The van der Waals surface area contributed by atoms with Gasteiger partial charge in [0.2, 0.25) is 0 Å². The van der Waals surface area contributed by atoms with Gasteiger partial charge in [0, 0.05) is 0 Å². The maximum atomic E-state index is 5.40. The number of para-hydroxylation sites is 1. The van der Waals surface area contributed by atoms with E-state index in [2.05, 4.69) is 36.7 Å². The molecule has 0 bridgehead atoms. The van der Waals surface area contributed by atoms with Crippen molar-refractivity contribution in [3.63, 3.8) is 0 Å². The molecule has 0 aliphatic carbocycles. The van der Waals surface area contributed by atoms with E-state index in [1.807, 2.05) is 30.3 Å². The van der Waals surface area contributed by atoms with Crippen LogP contribution in [-0.2, 0) is 11.4 Å². The molecule has 2 heteroatoms. The third-order valence-electron chi connectivity index (χ3n) is 2.32. The maximum Gasteiger partial charge on any atom is 0.0996 e. The zero-order valence-corrected chi connectivity index (χ0v) is 9.31. The lowest BCUT2D eigenvalue weighted by atomic mass is 10.2. The summed E-state index contributed by atoms with van der Waals surface area (Å²) in [5.41, 5.74) is 6.30. The van der Waals surface area contributed by atoms with E-state index >= 15 is 0 Å². The number of hydrogen-bond donors (Lipinski definition) is 1. The van der Waals surface area contributed by atoms with E-state index in [0.717, 1.165) is 11.3 Å². The van der Waals surface area contributed by atoms with Crippen LogP contribution in [0.2, 0.25) is 0 Å². The summed E-state index contributed by atoms with van der Waals surface area (Å²) in [4.78, 5) is 5.40. The molecule has 1 N–H and O–H groups in total. The fraction of sp³-hybridized carbons (Fsp3) is 0.143. The SMILES string of the molecule is Cc1ccc(CONc2ccccc2)cc1. The third kappa shape index (κ3) is 3.11. The van der Waals surface area contributed by atoms with E-state index < -0.39 is 0 Å². The van der Waals surface area contributed by atoms with Crippen molar-refractivity contribution in [1.29, 1.82) is 0 Å². The number of rotatable bonds is 4. The quantitative estimate of drug-likeness (QED) is 0.784. The molecule has 82 valence electrons. The highest BCUT2D eigenvalue weighted by molar-refractivity contribution is 5.40. The van der Waals surface area contributed by atoms with Gasteiger partial charge in [-0.3, -0.25) is 10.3 Å². The topological polar surface area (TPSA) is 21.3 Å². The van der Waals surface area contributed by atoms with Gasteiger partial charge in [-0.25, -0.2) is 0 Å². The van der Waals surface area contributed by atoms with Gasteiger partial charge >= 0.3 is 0 Å². The molecule has 0 unspecified atom stereocenters. The molecule has 0 spiro atoms. The molecule has 0 saturated carbocycles. The Morgan fingerprint density at radius 2 is 1.62 bits per heavy atom. The molecule has 0 radical (unpaired) electrons. The van der Waals surface area contributed by atoms with Crippen LogP contribution in [-0.4, -0.2) is 0 Å². The Morgan fingerprint density at radius 1 is 0.938 bits per heavy atom. The van der Waals surface area contributed by atoms with Crippen molar-refractivity contribution in [1.82, 2.24) is 0 Å². The first-order valence-corrected chi connectivity index (χ1v) is 5.33. The van der Waals surface area contributed by atoms with E-state index in [1.165, 1.54) is 5.56 Å². The lowest BCUT2D eigenvalue weighted by Crippen LogP contribution is -2.01. The molecule has 0 aliphatic rings. The fourth-order valence-corrected chi connectivity index (χ4v) is 1.39. The summed E-state index contributed by atoms with van der Waals surface area (Å²) in [6.07, 6.45) is 0. The lowest BCUT2D eigenvalue weighted by Gasteiger charge is -2.06. The lowest BCUT2D eigenvalue weighted by molar-refractivity contribution is 0.180. The van der Waals surface area contributed by atoms with E-state index in [1.54, 1.807) is 0 Å². The van der Waals surface area contributed by atoms with E-state index in [4.69, 9.17) is 4.84 Å². The highest BCUT2D eigenvalue weighted by Gasteiger charge is 1.93. The highest BCUT2D eigenvalue weighted by Crippen LogP contribution is 2.08. The number of anilines is 1. The highest BCUT2D eigenvalue weighted by atomic mass is 16.6. The molecule has 2 rings (SSSR count). The van der Waals surface area contributed by atoms with Crippen molar-refractivity contribution in [3.8, 4) is 0 Å². The Kier molecular flexibility index (Phi) is 3.57. The van der Waals surface area contributed by atoms with Crippen LogP contribution in [0.15, 0.2) is 54.6 Å². The molecule has 0 amide bonds. The first kappa shape index (κ1) is 10.7. The fourth-order valence-electron chi connectivity index (χ4n) is 1.39. The number of nitrogens with one attached hydrogen (secondary N) is 1. The first-order chi connectivity index (χ1) is 7.84. The van der Waals surface area contributed by atoms with Gasteiger partial charge in [-0.1, -0.05) is 48.0 Å². The average Bonchev–Trinajstić information content (AvgIpc) is 2.33. The molecular formula is C14H15NO. The normalized spacial score (nSPS) is 10.1. The van der Waals surface area contributed by atoms with Crippen LogP contribution in [0.25, 0.3) is 0 Å². The molecule has 0 atom stereocenters. The van der Waals surface area contributed by atoms with Crippen LogP contribution in [0.4, 0.5) is 5.69 Å². The van der Waals surface area contributed by atoms with Gasteiger partial charge in [0.05, 0.1) is 12.3 Å². The second-order valence-corrected chi connectivity index (χ2v) is 3.74. The minimum Gasteiger partial charge on any atom is -0.271 e. The van der Waals surface area contributed by atoms with Crippen LogP contribution >= 0.6 is 0 Å². The molecule has 2 aromatic carbocycles. The molecule has 2 aromatic rings. The molecule has 0 aromatic heterocycles. The van der Waals surface area contributed by atoms with Crippen molar-refractivity contribution in [2.75, 3.05) is 5.48 Å². The van der Waals surface area contributed by atoms with Crippen molar-refractivity contribution >= 4 is 5.69 Å². The third-order valence-corrected chi connectivity index (χ3v) is 2.32. The van der Waals surface area contributed by atoms with E-state index in [0.29, 0.717) is 6.61 Å². The van der Waals surface area contributed by atoms with Gasteiger partial charge in [0.25, 0.3) is 0 Å². The predicted molar refractivity (Wildman–Crippen MR) is 66.0 cm³/mol. The zero-order valence-electron chi connectivity index (χ0n) is 9.31. The van der Waals surface area contributed by atoms with Gasteiger partial charge in [0.1, 0.15) is 0 Å².